The van der Waals surface area contributed by atoms with Gasteiger partial charge in [0.25, 0.3) is 8.32 Å². The molecule has 1 aliphatic heterocycles. The zero-order chi connectivity index (χ0) is 22.6. The molecular weight excluding hydrogens is 404 g/mol. The summed E-state index contributed by atoms with van der Waals surface area (Å²) in [7, 11) is -2.62. The molecule has 4 nitrogen and oxygen atoms in total. The van der Waals surface area contributed by atoms with Gasteiger partial charge in [-0.25, -0.2) is 0 Å². The molecule has 0 bridgehead atoms. The molecule has 5 heteroatoms. The average molecular weight is 439 g/mol. The zero-order valence-corrected chi connectivity index (χ0v) is 20.2. The van der Waals surface area contributed by atoms with E-state index < -0.39 is 20.5 Å². The van der Waals surface area contributed by atoms with Crippen molar-refractivity contribution in [2.24, 2.45) is 5.92 Å². The van der Waals surface area contributed by atoms with Crippen LogP contribution < -0.4 is 10.4 Å². The van der Waals surface area contributed by atoms with Crippen molar-refractivity contribution in [1.82, 2.24) is 0 Å². The van der Waals surface area contributed by atoms with Crippen LogP contribution in [0.25, 0.3) is 0 Å². The van der Waals surface area contributed by atoms with E-state index in [1.54, 1.807) is 0 Å². The summed E-state index contributed by atoms with van der Waals surface area (Å²) < 4.78 is 12.4. The van der Waals surface area contributed by atoms with E-state index in [2.05, 4.69) is 69.3 Å². The number of aliphatic hydroxyl groups is 1. The number of carbonyl (C=O) groups is 1. The molecule has 0 saturated carbocycles. The number of ether oxygens (including phenoxy) is 1. The predicted molar refractivity (Wildman–Crippen MR) is 127 cm³/mol. The number of carbonyl (C=O) groups excluding carboxylic acids is 1. The van der Waals surface area contributed by atoms with Crippen molar-refractivity contribution in [3.05, 3.63) is 72.3 Å². The highest BCUT2D eigenvalue weighted by Gasteiger charge is 2.50. The Morgan fingerprint density at radius 3 is 2.10 bits per heavy atom. The molecule has 1 heterocycles. The highest BCUT2D eigenvalue weighted by molar-refractivity contribution is 6.99. The van der Waals surface area contributed by atoms with Crippen molar-refractivity contribution < 1.29 is 19.1 Å². The lowest BCUT2D eigenvalue weighted by Crippen LogP contribution is -2.66. The smallest absolute Gasteiger partial charge is 0.309 e. The normalized spacial score (nSPS) is 22.8. The van der Waals surface area contributed by atoms with Gasteiger partial charge in [-0.15, -0.1) is 0 Å². The number of aliphatic hydroxyl groups excluding tert-OH is 1. The zero-order valence-electron chi connectivity index (χ0n) is 19.2. The van der Waals surface area contributed by atoms with Crippen LogP contribution in [0.4, 0.5) is 0 Å². The summed E-state index contributed by atoms with van der Waals surface area (Å²) in [5.41, 5.74) is 0.992. The van der Waals surface area contributed by atoms with Gasteiger partial charge in [-0.1, -0.05) is 88.4 Å². The number of cyclic esters (lactones) is 1. The first-order valence-corrected chi connectivity index (χ1v) is 12.9. The minimum atomic E-state index is -2.62. The second-order valence-electron chi connectivity index (χ2n) is 9.55. The standard InChI is InChI=1S/C26H34O4Si/c1-19(16-24-20(2)23(27)17-25(28)30-24)18-29-31(26(3,4)5,21-12-8-6-9-13-21)22-14-10-7-11-15-22/h6-16,20,23-24,27H,17-18H2,1-5H3/b19-16-/t20-,23+,24-/m1/s1. The van der Waals surface area contributed by atoms with Crippen LogP contribution in [0.15, 0.2) is 72.3 Å². The van der Waals surface area contributed by atoms with Gasteiger partial charge in [0.05, 0.1) is 19.1 Å². The summed E-state index contributed by atoms with van der Waals surface area (Å²) in [5, 5.41) is 12.5. The van der Waals surface area contributed by atoms with Crippen LogP contribution in [0, 0.1) is 5.92 Å². The summed E-state index contributed by atoms with van der Waals surface area (Å²) >= 11 is 0. The van der Waals surface area contributed by atoms with Crippen LogP contribution in [0.5, 0.6) is 0 Å². The van der Waals surface area contributed by atoms with Crippen molar-refractivity contribution in [2.75, 3.05) is 6.61 Å². The van der Waals surface area contributed by atoms with E-state index in [9.17, 15) is 9.90 Å². The summed E-state index contributed by atoms with van der Waals surface area (Å²) in [6, 6.07) is 21.0. The lowest BCUT2D eigenvalue weighted by Gasteiger charge is -2.43. The monoisotopic (exact) mass is 438 g/mol. The van der Waals surface area contributed by atoms with Crippen molar-refractivity contribution >= 4 is 24.7 Å². The number of esters is 1. The first kappa shape index (κ1) is 23.5. The van der Waals surface area contributed by atoms with Crippen LogP contribution >= 0.6 is 0 Å². The van der Waals surface area contributed by atoms with Gasteiger partial charge in [-0.3, -0.25) is 4.79 Å². The van der Waals surface area contributed by atoms with Crippen LogP contribution in [-0.2, 0) is 14.0 Å². The van der Waals surface area contributed by atoms with Gasteiger partial charge in [0.1, 0.15) is 6.10 Å². The minimum absolute atomic E-state index is 0.0586. The predicted octanol–water partition coefficient (Wildman–Crippen LogP) is 3.82. The molecule has 0 unspecified atom stereocenters. The van der Waals surface area contributed by atoms with Gasteiger partial charge in [0, 0.05) is 5.92 Å². The molecular formula is C26H34O4Si. The third kappa shape index (κ3) is 5.00. The van der Waals surface area contributed by atoms with E-state index in [-0.39, 0.29) is 23.3 Å². The average Bonchev–Trinajstić information content (AvgIpc) is 2.72. The molecule has 3 rings (SSSR count). The molecule has 1 aliphatic rings. The van der Waals surface area contributed by atoms with E-state index in [0.717, 1.165) is 5.57 Å². The highest BCUT2D eigenvalue weighted by atomic mass is 28.4. The fourth-order valence-corrected chi connectivity index (χ4v) is 8.98. The topological polar surface area (TPSA) is 55.8 Å². The molecule has 3 atom stereocenters. The first-order valence-electron chi connectivity index (χ1n) is 10.9. The Labute approximate surface area is 187 Å². The molecule has 0 aliphatic carbocycles. The van der Waals surface area contributed by atoms with Crippen molar-refractivity contribution in [1.29, 1.82) is 0 Å². The van der Waals surface area contributed by atoms with Gasteiger partial charge >= 0.3 is 5.97 Å². The van der Waals surface area contributed by atoms with E-state index in [0.29, 0.717) is 6.61 Å². The van der Waals surface area contributed by atoms with Crippen LogP contribution in [0.1, 0.15) is 41.0 Å². The van der Waals surface area contributed by atoms with Crippen LogP contribution in [0.3, 0.4) is 0 Å². The maximum atomic E-state index is 11.8. The molecule has 166 valence electrons. The molecule has 31 heavy (non-hydrogen) atoms. The van der Waals surface area contributed by atoms with Crippen LogP contribution in [0.2, 0.25) is 5.04 Å². The largest absolute Gasteiger partial charge is 0.458 e. The maximum Gasteiger partial charge on any atom is 0.309 e. The van der Waals surface area contributed by atoms with Gasteiger partial charge in [0.2, 0.25) is 0 Å². The second kappa shape index (κ2) is 9.51. The molecule has 1 saturated heterocycles. The first-order chi connectivity index (χ1) is 14.6. The fourth-order valence-electron chi connectivity index (χ4n) is 4.38. The summed E-state index contributed by atoms with van der Waals surface area (Å²) in [6.07, 6.45) is 0.887. The third-order valence-corrected chi connectivity index (χ3v) is 11.1. The lowest BCUT2D eigenvalue weighted by molar-refractivity contribution is -0.162. The fraction of sp³-hybridized carbons (Fsp3) is 0.423. The Kier molecular flexibility index (Phi) is 7.19. The Hall–Kier alpha value is -2.21. The SMILES string of the molecule is C/C(=C/[C@H]1OC(=O)C[C@H](O)[C@H]1C)CO[Si](c1ccccc1)(c1ccccc1)C(C)(C)C. The summed E-state index contributed by atoms with van der Waals surface area (Å²) in [5.74, 6) is -0.493. The summed E-state index contributed by atoms with van der Waals surface area (Å²) in [6.45, 7) is 11.1. The van der Waals surface area contributed by atoms with Crippen molar-refractivity contribution in [3.8, 4) is 0 Å². The molecule has 1 fully saturated rings. The molecule has 1 N–H and O–H groups in total. The molecule has 0 spiro atoms. The minimum Gasteiger partial charge on any atom is -0.458 e. The third-order valence-electron chi connectivity index (χ3n) is 6.15. The van der Waals surface area contributed by atoms with Gasteiger partial charge in [-0.2, -0.15) is 0 Å². The van der Waals surface area contributed by atoms with E-state index in [1.165, 1.54) is 10.4 Å². The van der Waals surface area contributed by atoms with Gasteiger partial charge in [-0.05, 0) is 34.0 Å². The second-order valence-corrected chi connectivity index (χ2v) is 13.9. The molecule has 0 amide bonds. The maximum absolute atomic E-state index is 11.8. The van der Waals surface area contributed by atoms with Gasteiger partial charge in [0.15, 0.2) is 0 Å². The Bertz CT molecular complexity index is 863. The molecule has 2 aromatic carbocycles. The lowest BCUT2D eigenvalue weighted by atomic mass is 9.92. The van der Waals surface area contributed by atoms with E-state index in [4.69, 9.17) is 9.16 Å². The Morgan fingerprint density at radius 2 is 1.61 bits per heavy atom. The molecule has 2 aromatic rings. The van der Waals surface area contributed by atoms with Crippen molar-refractivity contribution in [3.63, 3.8) is 0 Å². The number of benzene rings is 2. The van der Waals surface area contributed by atoms with Gasteiger partial charge < -0.3 is 14.3 Å². The van der Waals surface area contributed by atoms with E-state index in [1.807, 2.05) is 32.1 Å². The number of hydrogen-bond acceptors (Lipinski definition) is 4. The Morgan fingerprint density at radius 1 is 1.10 bits per heavy atom. The van der Waals surface area contributed by atoms with Crippen LogP contribution in [-0.4, -0.2) is 38.2 Å². The Balaban J connectivity index is 1.95. The van der Waals surface area contributed by atoms with Crippen molar-refractivity contribution in [2.45, 2.75) is 58.3 Å². The number of hydrogen-bond donors (Lipinski definition) is 1. The quantitative estimate of drug-likeness (QED) is 0.423. The summed E-state index contributed by atoms with van der Waals surface area (Å²) in [4.78, 5) is 11.8. The molecule has 0 radical (unpaired) electrons. The highest BCUT2D eigenvalue weighted by Crippen LogP contribution is 2.37. The number of rotatable bonds is 6. The molecule has 0 aromatic heterocycles. The van der Waals surface area contributed by atoms with E-state index >= 15 is 0 Å².